The summed E-state index contributed by atoms with van der Waals surface area (Å²) in [4.78, 5) is 2.53. The van der Waals surface area contributed by atoms with Gasteiger partial charge in [-0.1, -0.05) is 125 Å². The molecular weight excluding hydrogens is 599 g/mol. The topological polar surface area (TPSA) is 3.24 Å². The third-order valence-electron chi connectivity index (χ3n) is 11.3. The molecule has 1 aromatic heterocycles. The van der Waals surface area contributed by atoms with E-state index in [2.05, 4.69) is 172 Å². The molecule has 0 atom stereocenters. The molecule has 0 saturated carbocycles. The van der Waals surface area contributed by atoms with Crippen LogP contribution in [0.3, 0.4) is 0 Å². The number of fused-ring (bicyclic) bond motifs is 11. The first-order chi connectivity index (χ1) is 23.3. The molecule has 1 nitrogen and oxygen atoms in total. The van der Waals surface area contributed by atoms with E-state index in [9.17, 15) is 0 Å². The van der Waals surface area contributed by atoms with Gasteiger partial charge in [-0.2, -0.15) is 0 Å². The van der Waals surface area contributed by atoms with Gasteiger partial charge in [-0.05, 0) is 92.2 Å². The first-order valence-electron chi connectivity index (χ1n) is 16.9. The lowest BCUT2D eigenvalue weighted by Crippen LogP contribution is -2.16. The van der Waals surface area contributed by atoms with E-state index in [1.807, 2.05) is 11.3 Å². The summed E-state index contributed by atoms with van der Waals surface area (Å²) < 4.78 is 2.65. The van der Waals surface area contributed by atoms with Crippen LogP contribution in [0.15, 0.2) is 140 Å². The molecule has 0 radical (unpaired) electrons. The third-order valence-corrected chi connectivity index (χ3v) is 12.4. The Hall–Kier alpha value is -5.18. The van der Waals surface area contributed by atoms with E-state index in [0.29, 0.717) is 0 Å². The molecule has 7 aromatic carbocycles. The maximum absolute atomic E-state index is 2.53. The molecule has 0 bridgehead atoms. The summed E-state index contributed by atoms with van der Waals surface area (Å²) in [5.41, 5.74) is 14.4. The number of nitrogens with zero attached hydrogens (tertiary/aromatic N) is 1. The van der Waals surface area contributed by atoms with Crippen molar-refractivity contribution in [3.05, 3.63) is 162 Å². The first-order valence-corrected chi connectivity index (χ1v) is 17.8. The number of anilines is 3. The molecule has 0 amide bonds. The van der Waals surface area contributed by atoms with Crippen LogP contribution in [0.25, 0.3) is 53.2 Å². The number of hydrogen-bond donors (Lipinski definition) is 0. The summed E-state index contributed by atoms with van der Waals surface area (Å²) in [6.07, 6.45) is 0. The molecular formula is C46H35NS. The Bertz CT molecular complexity index is 2630. The zero-order chi connectivity index (χ0) is 32.4. The zero-order valence-electron chi connectivity index (χ0n) is 27.6. The summed E-state index contributed by atoms with van der Waals surface area (Å²) >= 11 is 1.89. The maximum atomic E-state index is 2.53. The molecule has 2 aliphatic rings. The van der Waals surface area contributed by atoms with Crippen molar-refractivity contribution in [2.24, 2.45) is 0 Å². The molecule has 10 rings (SSSR count). The lowest BCUT2D eigenvalue weighted by Gasteiger charge is -2.30. The molecule has 2 heteroatoms. The summed E-state index contributed by atoms with van der Waals surface area (Å²) in [5, 5.41) is 5.27. The molecule has 2 aliphatic carbocycles. The largest absolute Gasteiger partial charge is 0.310 e. The summed E-state index contributed by atoms with van der Waals surface area (Å²) in [6, 6.07) is 52.5. The van der Waals surface area contributed by atoms with E-state index in [0.717, 1.165) is 0 Å². The van der Waals surface area contributed by atoms with Crippen molar-refractivity contribution < 1.29 is 0 Å². The van der Waals surface area contributed by atoms with E-state index < -0.39 is 0 Å². The fraction of sp³-hybridized carbons (Fsp3) is 0.130. The van der Waals surface area contributed by atoms with Crippen LogP contribution in [-0.2, 0) is 10.8 Å². The number of benzene rings is 7. The van der Waals surface area contributed by atoms with Crippen LogP contribution < -0.4 is 4.90 Å². The van der Waals surface area contributed by atoms with Crippen LogP contribution in [0, 0.1) is 0 Å². The highest BCUT2D eigenvalue weighted by Crippen LogP contribution is 2.56. The maximum Gasteiger partial charge on any atom is 0.0543 e. The average molecular weight is 634 g/mol. The molecule has 0 aliphatic heterocycles. The van der Waals surface area contributed by atoms with Gasteiger partial charge in [0.15, 0.2) is 0 Å². The van der Waals surface area contributed by atoms with Crippen LogP contribution in [0.5, 0.6) is 0 Å². The Morgan fingerprint density at radius 1 is 0.458 bits per heavy atom. The second-order valence-electron chi connectivity index (χ2n) is 14.5. The standard InChI is InChI=1S/C46H35NS/c1-45(2)36-16-9-7-14-32(36)34-26-29(21-23-38(34)45)47(40-19-11-18-39-44(40)33-15-8-10-17-37(33)46(39,3)4)30-22-25-41-35(27-30)43-31-13-6-5-12-28(31)20-24-42(43)48-41/h5-27H,1-4H3. The van der Waals surface area contributed by atoms with Gasteiger partial charge < -0.3 is 4.90 Å². The molecule has 0 saturated heterocycles. The highest BCUT2D eigenvalue weighted by atomic mass is 32.1. The smallest absolute Gasteiger partial charge is 0.0543 e. The van der Waals surface area contributed by atoms with Crippen LogP contribution >= 0.6 is 11.3 Å². The van der Waals surface area contributed by atoms with Crippen molar-refractivity contribution in [1.82, 2.24) is 0 Å². The monoisotopic (exact) mass is 633 g/mol. The minimum Gasteiger partial charge on any atom is -0.310 e. The number of rotatable bonds is 3. The molecule has 0 unspecified atom stereocenters. The van der Waals surface area contributed by atoms with Gasteiger partial charge in [-0.25, -0.2) is 0 Å². The second-order valence-corrected chi connectivity index (χ2v) is 15.6. The quantitative estimate of drug-likeness (QED) is 0.187. The summed E-state index contributed by atoms with van der Waals surface area (Å²) in [5.74, 6) is 0. The summed E-state index contributed by atoms with van der Waals surface area (Å²) in [7, 11) is 0. The minimum atomic E-state index is -0.0824. The van der Waals surface area contributed by atoms with Crippen LogP contribution in [-0.4, -0.2) is 0 Å². The van der Waals surface area contributed by atoms with Crippen molar-refractivity contribution >= 4 is 59.3 Å². The van der Waals surface area contributed by atoms with Gasteiger partial charge in [0.25, 0.3) is 0 Å². The third kappa shape index (κ3) is 3.67. The van der Waals surface area contributed by atoms with Gasteiger partial charge in [-0.3, -0.25) is 0 Å². The Labute approximate surface area is 285 Å². The molecule has 8 aromatic rings. The fourth-order valence-corrected chi connectivity index (χ4v) is 9.97. The molecule has 230 valence electrons. The lowest BCUT2D eigenvalue weighted by molar-refractivity contribution is 0.660. The predicted octanol–water partition coefficient (Wildman–Crippen LogP) is 13.3. The highest BCUT2D eigenvalue weighted by molar-refractivity contribution is 7.26. The zero-order valence-corrected chi connectivity index (χ0v) is 28.5. The number of thiophene rings is 1. The van der Waals surface area contributed by atoms with E-state index in [1.165, 1.54) is 92.5 Å². The van der Waals surface area contributed by atoms with Crippen molar-refractivity contribution in [2.45, 2.75) is 38.5 Å². The minimum absolute atomic E-state index is 0.0399. The van der Waals surface area contributed by atoms with E-state index in [4.69, 9.17) is 0 Å². The Morgan fingerprint density at radius 2 is 1.08 bits per heavy atom. The van der Waals surface area contributed by atoms with E-state index >= 15 is 0 Å². The lowest BCUT2D eigenvalue weighted by atomic mass is 9.82. The predicted molar refractivity (Wildman–Crippen MR) is 207 cm³/mol. The van der Waals surface area contributed by atoms with Gasteiger partial charge >= 0.3 is 0 Å². The first kappa shape index (κ1) is 27.9. The van der Waals surface area contributed by atoms with Crippen molar-refractivity contribution in [3.8, 4) is 22.3 Å². The van der Waals surface area contributed by atoms with Crippen molar-refractivity contribution in [2.75, 3.05) is 4.90 Å². The second kappa shape index (κ2) is 9.69. The molecule has 0 spiro atoms. The van der Waals surface area contributed by atoms with Gasteiger partial charge in [0, 0.05) is 47.9 Å². The Balaban J connectivity index is 1.28. The average Bonchev–Trinajstić information content (AvgIpc) is 3.69. The van der Waals surface area contributed by atoms with Gasteiger partial charge in [0.2, 0.25) is 0 Å². The van der Waals surface area contributed by atoms with Crippen molar-refractivity contribution in [3.63, 3.8) is 0 Å². The van der Waals surface area contributed by atoms with Gasteiger partial charge in [0.05, 0.1) is 5.69 Å². The van der Waals surface area contributed by atoms with E-state index in [-0.39, 0.29) is 10.8 Å². The Kier molecular flexibility index (Phi) is 5.63. The molecule has 0 fully saturated rings. The fourth-order valence-electron chi connectivity index (χ4n) is 8.87. The van der Waals surface area contributed by atoms with Crippen LogP contribution in [0.2, 0.25) is 0 Å². The molecule has 1 heterocycles. The van der Waals surface area contributed by atoms with Crippen LogP contribution in [0.4, 0.5) is 17.1 Å². The Morgan fingerprint density at radius 3 is 1.94 bits per heavy atom. The molecule has 0 N–H and O–H groups in total. The normalized spacial score (nSPS) is 15.0. The van der Waals surface area contributed by atoms with Crippen LogP contribution in [0.1, 0.15) is 49.9 Å². The van der Waals surface area contributed by atoms with Gasteiger partial charge in [-0.15, -0.1) is 11.3 Å². The molecule has 48 heavy (non-hydrogen) atoms. The SMILES string of the molecule is CC1(C)c2ccccc2-c2cc(N(c3ccc4sc5ccc6ccccc6c5c4c3)c3cccc4c3-c3ccccc3C4(C)C)ccc21. The summed E-state index contributed by atoms with van der Waals surface area (Å²) in [6.45, 7) is 9.46. The van der Waals surface area contributed by atoms with Gasteiger partial charge in [0.1, 0.15) is 0 Å². The number of hydrogen-bond acceptors (Lipinski definition) is 2. The van der Waals surface area contributed by atoms with E-state index in [1.54, 1.807) is 0 Å². The van der Waals surface area contributed by atoms with Crippen molar-refractivity contribution in [1.29, 1.82) is 0 Å². The highest BCUT2D eigenvalue weighted by Gasteiger charge is 2.39.